The molecule has 1 heterocycles. The van der Waals surface area contributed by atoms with E-state index in [2.05, 4.69) is 5.32 Å². The molecule has 1 atom stereocenters. The van der Waals surface area contributed by atoms with Crippen LogP contribution in [0, 0.1) is 0 Å². The third kappa shape index (κ3) is 4.32. The van der Waals surface area contributed by atoms with E-state index in [0.717, 1.165) is 5.56 Å². The van der Waals surface area contributed by atoms with Gasteiger partial charge in [0.2, 0.25) is 0 Å². The van der Waals surface area contributed by atoms with Crippen molar-refractivity contribution in [2.45, 2.75) is 6.04 Å². The summed E-state index contributed by atoms with van der Waals surface area (Å²) < 4.78 is 10.5. The summed E-state index contributed by atoms with van der Waals surface area (Å²) in [6.45, 7) is -0.423. The molecule has 132 valence electrons. The SMILES string of the molecule is O=C(COC(=O)c1ccccc1Cl)N[C@H](c1ccccc1)c1ccco1. The molecule has 3 rings (SSSR count). The van der Waals surface area contributed by atoms with Crippen LogP contribution in [0.25, 0.3) is 0 Å². The van der Waals surface area contributed by atoms with E-state index >= 15 is 0 Å². The number of carbonyl (C=O) groups is 2. The Labute approximate surface area is 155 Å². The fourth-order valence-electron chi connectivity index (χ4n) is 2.46. The Morgan fingerprint density at radius 3 is 2.42 bits per heavy atom. The zero-order valence-corrected chi connectivity index (χ0v) is 14.5. The summed E-state index contributed by atoms with van der Waals surface area (Å²) in [5, 5.41) is 3.09. The maximum Gasteiger partial charge on any atom is 0.340 e. The quantitative estimate of drug-likeness (QED) is 0.667. The molecule has 0 unspecified atom stereocenters. The zero-order chi connectivity index (χ0) is 18.4. The number of rotatable bonds is 6. The molecule has 0 aliphatic rings. The number of benzene rings is 2. The number of hydrogen-bond donors (Lipinski definition) is 1. The smallest absolute Gasteiger partial charge is 0.340 e. The van der Waals surface area contributed by atoms with Crippen molar-refractivity contribution in [3.05, 3.63) is 94.9 Å². The summed E-state index contributed by atoms with van der Waals surface area (Å²) in [7, 11) is 0. The highest BCUT2D eigenvalue weighted by Crippen LogP contribution is 2.22. The molecule has 26 heavy (non-hydrogen) atoms. The minimum Gasteiger partial charge on any atom is -0.467 e. The highest BCUT2D eigenvalue weighted by atomic mass is 35.5. The van der Waals surface area contributed by atoms with Crippen LogP contribution >= 0.6 is 11.6 Å². The van der Waals surface area contributed by atoms with E-state index < -0.39 is 24.5 Å². The van der Waals surface area contributed by atoms with Crippen LogP contribution in [-0.2, 0) is 9.53 Å². The number of ether oxygens (including phenoxy) is 1. The molecule has 1 N–H and O–H groups in total. The first-order chi connectivity index (χ1) is 12.6. The van der Waals surface area contributed by atoms with Gasteiger partial charge in [-0.25, -0.2) is 4.79 Å². The van der Waals surface area contributed by atoms with Gasteiger partial charge in [-0.15, -0.1) is 0 Å². The molecule has 0 saturated heterocycles. The third-order valence-electron chi connectivity index (χ3n) is 3.69. The lowest BCUT2D eigenvalue weighted by Crippen LogP contribution is -2.33. The van der Waals surface area contributed by atoms with Crippen LogP contribution in [0.3, 0.4) is 0 Å². The van der Waals surface area contributed by atoms with E-state index in [1.165, 1.54) is 12.3 Å². The van der Waals surface area contributed by atoms with Crippen molar-refractivity contribution in [3.8, 4) is 0 Å². The van der Waals surface area contributed by atoms with E-state index in [9.17, 15) is 9.59 Å². The Bertz CT molecular complexity index is 878. The van der Waals surface area contributed by atoms with Crippen LogP contribution in [0.15, 0.2) is 77.4 Å². The van der Waals surface area contributed by atoms with Gasteiger partial charge >= 0.3 is 5.97 Å². The van der Waals surface area contributed by atoms with E-state index in [-0.39, 0.29) is 10.6 Å². The molecule has 0 aliphatic heterocycles. The molecule has 5 nitrogen and oxygen atoms in total. The topological polar surface area (TPSA) is 68.5 Å². The Kier molecular flexibility index (Phi) is 5.71. The Morgan fingerprint density at radius 2 is 1.73 bits per heavy atom. The van der Waals surface area contributed by atoms with Crippen LogP contribution < -0.4 is 5.32 Å². The van der Waals surface area contributed by atoms with Gasteiger partial charge in [-0.1, -0.05) is 54.1 Å². The second-order valence-corrected chi connectivity index (χ2v) is 5.89. The largest absolute Gasteiger partial charge is 0.467 e. The Hall–Kier alpha value is -3.05. The summed E-state index contributed by atoms with van der Waals surface area (Å²) in [5.74, 6) is -0.516. The highest BCUT2D eigenvalue weighted by Gasteiger charge is 2.20. The van der Waals surface area contributed by atoms with Gasteiger partial charge in [0.05, 0.1) is 16.8 Å². The maximum absolute atomic E-state index is 12.3. The lowest BCUT2D eigenvalue weighted by Gasteiger charge is -2.17. The number of carbonyl (C=O) groups excluding carboxylic acids is 2. The molecular formula is C20H16ClNO4. The van der Waals surface area contributed by atoms with E-state index in [1.807, 2.05) is 30.3 Å². The van der Waals surface area contributed by atoms with Crippen LogP contribution in [0.4, 0.5) is 0 Å². The fourth-order valence-corrected chi connectivity index (χ4v) is 2.67. The summed E-state index contributed by atoms with van der Waals surface area (Å²) >= 11 is 5.95. The van der Waals surface area contributed by atoms with Gasteiger partial charge in [0, 0.05) is 0 Å². The van der Waals surface area contributed by atoms with Crippen LogP contribution in [-0.4, -0.2) is 18.5 Å². The van der Waals surface area contributed by atoms with E-state index in [4.69, 9.17) is 20.8 Å². The average Bonchev–Trinajstić information content (AvgIpc) is 3.19. The third-order valence-corrected chi connectivity index (χ3v) is 4.02. The van der Waals surface area contributed by atoms with Crippen molar-refractivity contribution in [1.82, 2.24) is 5.32 Å². The molecule has 3 aromatic rings. The van der Waals surface area contributed by atoms with Crippen molar-refractivity contribution in [3.63, 3.8) is 0 Å². The minimum absolute atomic E-state index is 0.215. The summed E-state index contributed by atoms with van der Waals surface area (Å²) in [6.07, 6.45) is 1.54. The average molecular weight is 370 g/mol. The second kappa shape index (κ2) is 8.36. The molecule has 1 aromatic heterocycles. The number of nitrogens with one attached hydrogen (secondary N) is 1. The van der Waals surface area contributed by atoms with Crippen molar-refractivity contribution in [1.29, 1.82) is 0 Å². The minimum atomic E-state index is -0.653. The predicted molar refractivity (Wildman–Crippen MR) is 96.9 cm³/mol. The van der Waals surface area contributed by atoms with Gasteiger partial charge in [0.25, 0.3) is 5.91 Å². The number of amides is 1. The van der Waals surface area contributed by atoms with Gasteiger partial charge in [0.1, 0.15) is 11.8 Å². The predicted octanol–water partition coefficient (Wildman–Crippen LogP) is 4.00. The zero-order valence-electron chi connectivity index (χ0n) is 13.7. The monoisotopic (exact) mass is 369 g/mol. The van der Waals surface area contributed by atoms with Gasteiger partial charge in [-0.3, -0.25) is 4.79 Å². The summed E-state index contributed by atoms with van der Waals surface area (Å²) in [4.78, 5) is 24.3. The van der Waals surface area contributed by atoms with E-state index in [0.29, 0.717) is 5.76 Å². The van der Waals surface area contributed by atoms with Crippen LogP contribution in [0.1, 0.15) is 27.7 Å². The lowest BCUT2D eigenvalue weighted by molar-refractivity contribution is -0.124. The molecule has 0 saturated carbocycles. The van der Waals surface area contributed by atoms with Gasteiger partial charge in [-0.2, -0.15) is 0 Å². The first kappa shape index (κ1) is 17.8. The molecular weight excluding hydrogens is 354 g/mol. The molecule has 0 spiro atoms. The van der Waals surface area contributed by atoms with E-state index in [1.54, 1.807) is 30.3 Å². The molecule has 0 bridgehead atoms. The lowest BCUT2D eigenvalue weighted by atomic mass is 10.0. The molecule has 6 heteroatoms. The number of furan rings is 1. The highest BCUT2D eigenvalue weighted by molar-refractivity contribution is 6.33. The van der Waals surface area contributed by atoms with Crippen LogP contribution in [0.5, 0.6) is 0 Å². The van der Waals surface area contributed by atoms with Crippen molar-refractivity contribution >= 4 is 23.5 Å². The van der Waals surface area contributed by atoms with Crippen molar-refractivity contribution in [2.75, 3.05) is 6.61 Å². The first-order valence-electron chi connectivity index (χ1n) is 7.94. The van der Waals surface area contributed by atoms with Crippen molar-refractivity contribution < 1.29 is 18.7 Å². The Morgan fingerprint density at radius 1 is 1.00 bits per heavy atom. The molecule has 0 aliphatic carbocycles. The normalized spacial score (nSPS) is 11.6. The van der Waals surface area contributed by atoms with Gasteiger partial charge in [0.15, 0.2) is 6.61 Å². The number of halogens is 1. The molecule has 2 aromatic carbocycles. The molecule has 1 amide bonds. The first-order valence-corrected chi connectivity index (χ1v) is 8.32. The molecule has 0 fully saturated rings. The maximum atomic E-state index is 12.3. The summed E-state index contributed by atoms with van der Waals surface area (Å²) in [5.41, 5.74) is 1.07. The van der Waals surface area contributed by atoms with Gasteiger partial charge < -0.3 is 14.5 Å². The number of hydrogen-bond acceptors (Lipinski definition) is 4. The van der Waals surface area contributed by atoms with Gasteiger partial charge in [-0.05, 0) is 29.8 Å². The number of esters is 1. The molecule has 0 radical (unpaired) electrons. The summed E-state index contributed by atoms with van der Waals surface area (Å²) in [6, 6.07) is 18.9. The second-order valence-electron chi connectivity index (χ2n) is 5.48. The van der Waals surface area contributed by atoms with Crippen molar-refractivity contribution in [2.24, 2.45) is 0 Å². The standard InChI is InChI=1S/C20H16ClNO4/c21-16-10-5-4-9-15(16)20(24)26-13-18(23)22-19(17-11-6-12-25-17)14-7-2-1-3-8-14/h1-12,19H,13H2,(H,22,23)/t19-/m1/s1. The van der Waals surface area contributed by atoms with Crippen LogP contribution in [0.2, 0.25) is 5.02 Å². The fraction of sp³-hybridized carbons (Fsp3) is 0.100. The Balaban J connectivity index is 1.65.